The van der Waals surface area contributed by atoms with Gasteiger partial charge in [-0.15, -0.1) is 0 Å². The minimum absolute atomic E-state index is 0.0734. The fourth-order valence-electron chi connectivity index (χ4n) is 4.03. The Bertz CT molecular complexity index is 1310. The number of halogens is 1. The van der Waals surface area contributed by atoms with Gasteiger partial charge in [0.15, 0.2) is 0 Å². The van der Waals surface area contributed by atoms with Crippen LogP contribution in [0.3, 0.4) is 0 Å². The van der Waals surface area contributed by atoms with E-state index in [9.17, 15) is 18.0 Å². The van der Waals surface area contributed by atoms with Gasteiger partial charge in [-0.3, -0.25) is 13.9 Å². The molecule has 0 aliphatic rings. The summed E-state index contributed by atoms with van der Waals surface area (Å²) in [4.78, 5) is 28.3. The van der Waals surface area contributed by atoms with Gasteiger partial charge in [-0.05, 0) is 67.8 Å². The summed E-state index contributed by atoms with van der Waals surface area (Å²) < 4.78 is 28.6. The van der Waals surface area contributed by atoms with Crippen LogP contribution in [0.1, 0.15) is 31.4 Å². The first-order valence-electron chi connectivity index (χ1n) is 12.1. The topological polar surface area (TPSA) is 86.8 Å². The molecule has 196 valence electrons. The zero-order valence-electron chi connectivity index (χ0n) is 21.2. The third-order valence-corrected chi connectivity index (χ3v) is 7.94. The molecule has 0 saturated carbocycles. The maximum absolute atomic E-state index is 13.9. The summed E-state index contributed by atoms with van der Waals surface area (Å²) in [5.74, 6) is -0.783. The van der Waals surface area contributed by atoms with Gasteiger partial charge in [0.05, 0.1) is 10.6 Å². The molecular weight excluding hydrogens is 510 g/mol. The monoisotopic (exact) mass is 541 g/mol. The smallest absolute Gasteiger partial charge is 0.264 e. The van der Waals surface area contributed by atoms with Crippen molar-refractivity contribution in [2.75, 3.05) is 17.4 Å². The van der Waals surface area contributed by atoms with Gasteiger partial charge in [-0.2, -0.15) is 0 Å². The molecule has 0 radical (unpaired) electrons. The number of rotatable bonds is 11. The van der Waals surface area contributed by atoms with E-state index in [1.54, 1.807) is 60.7 Å². The quantitative estimate of drug-likeness (QED) is 0.378. The molecule has 2 amide bonds. The van der Waals surface area contributed by atoms with Crippen molar-refractivity contribution in [3.8, 4) is 0 Å². The number of likely N-dealkylation sites (N-methyl/N-ethyl adjacent to an activating group) is 1. The first-order chi connectivity index (χ1) is 17.7. The highest BCUT2D eigenvalue weighted by Gasteiger charge is 2.33. The number of amides is 2. The van der Waals surface area contributed by atoms with Crippen LogP contribution in [0.4, 0.5) is 5.69 Å². The SMILES string of the molecule is CCNC(=O)C(CC)N(Cc1ccc(Cl)cc1)C(=O)CN(c1cccc(C)c1)S(=O)(=O)c1ccccc1. The molecule has 0 aliphatic heterocycles. The zero-order chi connectivity index (χ0) is 27.0. The van der Waals surface area contributed by atoms with Crippen LogP contribution in [-0.2, 0) is 26.2 Å². The Kier molecular flexibility index (Phi) is 9.72. The molecule has 3 rings (SSSR count). The van der Waals surface area contributed by atoms with Gasteiger partial charge < -0.3 is 10.2 Å². The van der Waals surface area contributed by atoms with Crippen LogP contribution in [0.25, 0.3) is 0 Å². The number of sulfonamides is 1. The molecule has 0 bridgehead atoms. The standard InChI is InChI=1S/C28H32ClN3O4S/c1-4-26(28(34)30-5-2)31(19-22-14-16-23(29)17-15-22)27(33)20-32(24-11-9-10-21(3)18-24)37(35,36)25-12-7-6-8-13-25/h6-18,26H,4-5,19-20H2,1-3H3,(H,30,34). The highest BCUT2D eigenvalue weighted by molar-refractivity contribution is 7.92. The fourth-order valence-corrected chi connectivity index (χ4v) is 5.58. The summed E-state index contributed by atoms with van der Waals surface area (Å²) in [5, 5.41) is 3.34. The minimum atomic E-state index is -4.07. The molecule has 7 nitrogen and oxygen atoms in total. The zero-order valence-corrected chi connectivity index (χ0v) is 22.8. The second-order valence-electron chi connectivity index (χ2n) is 8.63. The molecule has 0 heterocycles. The number of nitrogens with one attached hydrogen (secondary N) is 1. The number of hydrogen-bond donors (Lipinski definition) is 1. The van der Waals surface area contributed by atoms with Gasteiger partial charge in [0.2, 0.25) is 11.8 Å². The first kappa shape index (κ1) is 28.2. The Hall–Kier alpha value is -3.36. The second-order valence-corrected chi connectivity index (χ2v) is 10.9. The van der Waals surface area contributed by atoms with Crippen LogP contribution in [0.15, 0.2) is 83.8 Å². The summed E-state index contributed by atoms with van der Waals surface area (Å²) in [6.07, 6.45) is 0.362. The highest BCUT2D eigenvalue weighted by Crippen LogP contribution is 2.25. The third kappa shape index (κ3) is 7.11. The maximum atomic E-state index is 13.9. The van der Waals surface area contributed by atoms with Crippen molar-refractivity contribution in [2.45, 2.75) is 44.7 Å². The Morgan fingerprint density at radius 3 is 2.22 bits per heavy atom. The molecule has 0 aliphatic carbocycles. The fraction of sp³-hybridized carbons (Fsp3) is 0.286. The van der Waals surface area contributed by atoms with Gasteiger partial charge in [-0.25, -0.2) is 8.42 Å². The number of anilines is 1. The molecule has 1 N–H and O–H groups in total. The van der Waals surface area contributed by atoms with E-state index in [-0.39, 0.29) is 17.3 Å². The average molecular weight is 542 g/mol. The lowest BCUT2D eigenvalue weighted by Gasteiger charge is -2.33. The number of hydrogen-bond acceptors (Lipinski definition) is 4. The van der Waals surface area contributed by atoms with Crippen LogP contribution in [0, 0.1) is 6.92 Å². The summed E-state index contributed by atoms with van der Waals surface area (Å²) in [7, 11) is -4.07. The molecule has 0 fully saturated rings. The van der Waals surface area contributed by atoms with E-state index in [0.717, 1.165) is 15.4 Å². The normalized spacial score (nSPS) is 12.0. The molecule has 0 spiro atoms. The summed E-state index contributed by atoms with van der Waals surface area (Å²) in [6.45, 7) is 5.55. The van der Waals surface area contributed by atoms with Gasteiger partial charge in [-0.1, -0.05) is 61.0 Å². The summed E-state index contributed by atoms with van der Waals surface area (Å²) in [5.41, 5.74) is 1.99. The lowest BCUT2D eigenvalue weighted by atomic mass is 10.1. The first-order valence-corrected chi connectivity index (χ1v) is 13.9. The third-order valence-electron chi connectivity index (χ3n) is 5.90. The number of aryl methyl sites for hydroxylation is 1. The lowest BCUT2D eigenvalue weighted by Crippen LogP contribution is -2.52. The lowest BCUT2D eigenvalue weighted by molar-refractivity contribution is -0.140. The van der Waals surface area contributed by atoms with Crippen molar-refractivity contribution in [3.63, 3.8) is 0 Å². The number of carbonyl (C=O) groups excluding carboxylic acids is 2. The van der Waals surface area contributed by atoms with Gasteiger partial charge in [0.1, 0.15) is 12.6 Å². The molecule has 1 atom stereocenters. The van der Waals surface area contributed by atoms with Crippen molar-refractivity contribution in [1.29, 1.82) is 0 Å². The molecule has 0 aromatic heterocycles. The molecule has 0 saturated heterocycles. The van der Waals surface area contributed by atoms with Crippen molar-refractivity contribution in [3.05, 3.63) is 95.0 Å². The minimum Gasteiger partial charge on any atom is -0.355 e. The van der Waals surface area contributed by atoms with E-state index >= 15 is 0 Å². The van der Waals surface area contributed by atoms with Crippen LogP contribution < -0.4 is 9.62 Å². The van der Waals surface area contributed by atoms with Gasteiger partial charge >= 0.3 is 0 Å². The predicted molar refractivity (Wildman–Crippen MR) is 147 cm³/mol. The molecule has 9 heteroatoms. The predicted octanol–water partition coefficient (Wildman–Crippen LogP) is 4.79. The molecule has 3 aromatic rings. The summed E-state index contributed by atoms with van der Waals surface area (Å²) in [6, 6.07) is 21.2. The van der Waals surface area contributed by atoms with Crippen LogP contribution in [0.2, 0.25) is 5.02 Å². The Balaban J connectivity index is 2.04. The van der Waals surface area contributed by atoms with E-state index in [4.69, 9.17) is 11.6 Å². The second kappa shape index (κ2) is 12.7. The summed E-state index contributed by atoms with van der Waals surface area (Å²) >= 11 is 6.03. The van der Waals surface area contributed by atoms with Crippen molar-refractivity contribution < 1.29 is 18.0 Å². The van der Waals surface area contributed by atoms with E-state index in [0.29, 0.717) is 23.7 Å². The van der Waals surface area contributed by atoms with E-state index < -0.39 is 28.5 Å². The maximum Gasteiger partial charge on any atom is 0.264 e. The van der Waals surface area contributed by atoms with Crippen molar-refractivity contribution in [2.24, 2.45) is 0 Å². The van der Waals surface area contributed by atoms with Gasteiger partial charge in [0.25, 0.3) is 10.0 Å². The molecule has 1 unspecified atom stereocenters. The molecular formula is C28H32ClN3O4S. The largest absolute Gasteiger partial charge is 0.355 e. The van der Waals surface area contributed by atoms with Crippen molar-refractivity contribution in [1.82, 2.24) is 10.2 Å². The Morgan fingerprint density at radius 2 is 1.62 bits per heavy atom. The molecule has 37 heavy (non-hydrogen) atoms. The van der Waals surface area contributed by atoms with E-state index in [1.165, 1.54) is 17.0 Å². The molecule has 3 aromatic carbocycles. The van der Waals surface area contributed by atoms with Crippen LogP contribution in [-0.4, -0.2) is 44.3 Å². The van der Waals surface area contributed by atoms with Crippen LogP contribution >= 0.6 is 11.6 Å². The van der Waals surface area contributed by atoms with Gasteiger partial charge in [0, 0.05) is 18.1 Å². The Labute approximate surface area is 224 Å². The van der Waals surface area contributed by atoms with E-state index in [2.05, 4.69) is 5.32 Å². The average Bonchev–Trinajstić information content (AvgIpc) is 2.88. The Morgan fingerprint density at radius 1 is 0.946 bits per heavy atom. The number of nitrogens with zero attached hydrogens (tertiary/aromatic N) is 2. The van der Waals surface area contributed by atoms with E-state index in [1.807, 2.05) is 26.8 Å². The van der Waals surface area contributed by atoms with Crippen LogP contribution in [0.5, 0.6) is 0 Å². The number of carbonyl (C=O) groups is 2. The number of benzene rings is 3. The van der Waals surface area contributed by atoms with Crippen molar-refractivity contribution >= 4 is 39.1 Å². The highest BCUT2D eigenvalue weighted by atomic mass is 35.5.